The van der Waals surface area contributed by atoms with Crippen molar-refractivity contribution in [2.75, 3.05) is 0 Å². The van der Waals surface area contributed by atoms with Gasteiger partial charge >= 0.3 is 0 Å². The molecule has 13 heavy (non-hydrogen) atoms. The minimum Gasteiger partial charge on any atom is -0.190 e. The maximum absolute atomic E-state index is 5.89. The number of hydrogen-bond acceptors (Lipinski definition) is 2. The molecule has 2 rings (SSSR count). The molecule has 0 amide bonds. The van der Waals surface area contributed by atoms with E-state index in [4.69, 9.17) is 11.6 Å². The molecule has 1 nitrogen and oxygen atoms in total. The summed E-state index contributed by atoms with van der Waals surface area (Å²) in [4.78, 5) is 0. The van der Waals surface area contributed by atoms with Crippen molar-refractivity contribution in [2.45, 2.75) is 0 Å². The second kappa shape index (κ2) is 3.78. The van der Waals surface area contributed by atoms with E-state index < -0.39 is 0 Å². The zero-order valence-corrected chi connectivity index (χ0v) is 9.66. The molecular formula is C9H5BrClNS. The zero-order valence-electron chi connectivity index (χ0n) is 6.50. The van der Waals surface area contributed by atoms with Crippen LogP contribution in [-0.2, 0) is 0 Å². The average Bonchev–Trinajstić information content (AvgIpc) is 2.49. The van der Waals surface area contributed by atoms with Crippen LogP contribution >= 0.6 is 39.1 Å². The van der Waals surface area contributed by atoms with Gasteiger partial charge in [-0.2, -0.15) is 4.37 Å². The molecule has 0 unspecified atom stereocenters. The van der Waals surface area contributed by atoms with Crippen LogP contribution < -0.4 is 0 Å². The van der Waals surface area contributed by atoms with E-state index in [-0.39, 0.29) is 0 Å². The van der Waals surface area contributed by atoms with Gasteiger partial charge in [-0.15, -0.1) is 0 Å². The first kappa shape index (κ1) is 9.19. The van der Waals surface area contributed by atoms with Crippen LogP contribution in [0.15, 0.2) is 34.8 Å². The van der Waals surface area contributed by atoms with Crippen molar-refractivity contribution in [3.05, 3.63) is 39.1 Å². The van der Waals surface area contributed by atoms with Gasteiger partial charge in [0.25, 0.3) is 0 Å². The average molecular weight is 275 g/mol. The molecule has 0 N–H and O–H groups in total. The van der Waals surface area contributed by atoms with Gasteiger partial charge in [0, 0.05) is 5.56 Å². The Kier molecular flexibility index (Phi) is 2.67. The largest absolute Gasteiger partial charge is 0.190 e. The third kappa shape index (κ3) is 1.77. The van der Waals surface area contributed by atoms with E-state index >= 15 is 0 Å². The number of halogens is 2. The van der Waals surface area contributed by atoms with Crippen molar-refractivity contribution >= 4 is 39.1 Å². The lowest BCUT2D eigenvalue weighted by Gasteiger charge is -1.95. The van der Waals surface area contributed by atoms with Crippen molar-refractivity contribution in [2.24, 2.45) is 0 Å². The Morgan fingerprint density at radius 3 is 2.46 bits per heavy atom. The summed E-state index contributed by atoms with van der Waals surface area (Å²) in [5.74, 6) is 0. The molecule has 4 heteroatoms. The fourth-order valence-electron chi connectivity index (χ4n) is 1.03. The zero-order chi connectivity index (χ0) is 9.26. The minimum atomic E-state index is 0.693. The summed E-state index contributed by atoms with van der Waals surface area (Å²) < 4.78 is 5.82. The molecular weight excluding hydrogens is 270 g/mol. The van der Waals surface area contributed by atoms with E-state index in [0.717, 1.165) is 15.7 Å². The van der Waals surface area contributed by atoms with Gasteiger partial charge in [0.1, 0.15) is 4.34 Å². The summed E-state index contributed by atoms with van der Waals surface area (Å²) in [6.45, 7) is 0. The van der Waals surface area contributed by atoms with Gasteiger partial charge in [-0.05, 0) is 27.5 Å². The third-order valence-electron chi connectivity index (χ3n) is 1.64. The Morgan fingerprint density at radius 1 is 1.23 bits per heavy atom. The van der Waals surface area contributed by atoms with Gasteiger partial charge in [-0.1, -0.05) is 41.9 Å². The quantitative estimate of drug-likeness (QED) is 0.758. The monoisotopic (exact) mass is 273 g/mol. The van der Waals surface area contributed by atoms with Crippen LogP contribution in [0, 0.1) is 0 Å². The minimum absolute atomic E-state index is 0.693. The predicted molar refractivity (Wildman–Crippen MR) is 60.3 cm³/mol. The topological polar surface area (TPSA) is 12.9 Å². The molecule has 0 atom stereocenters. The fourth-order valence-corrected chi connectivity index (χ4v) is 2.42. The number of aromatic nitrogens is 1. The summed E-state index contributed by atoms with van der Waals surface area (Å²) in [5.41, 5.74) is 1.99. The molecule has 0 radical (unpaired) electrons. The molecule has 0 spiro atoms. The molecule has 2 aromatic rings. The Hall–Kier alpha value is -0.380. The van der Waals surface area contributed by atoms with Crippen LogP contribution in [0.25, 0.3) is 11.3 Å². The fraction of sp³-hybridized carbons (Fsp3) is 0. The first-order chi connectivity index (χ1) is 6.29. The lowest BCUT2D eigenvalue weighted by Crippen LogP contribution is -1.75. The first-order valence-electron chi connectivity index (χ1n) is 3.65. The summed E-state index contributed by atoms with van der Waals surface area (Å²) >= 11 is 10.6. The number of benzene rings is 1. The molecule has 0 fully saturated rings. The van der Waals surface area contributed by atoms with Gasteiger partial charge in [-0.25, -0.2) is 0 Å². The third-order valence-corrected chi connectivity index (χ3v) is 3.94. The highest BCUT2D eigenvalue weighted by Gasteiger charge is 2.10. The first-order valence-corrected chi connectivity index (χ1v) is 5.59. The normalized spacial score (nSPS) is 10.3. The van der Waals surface area contributed by atoms with Gasteiger partial charge in [0.2, 0.25) is 0 Å². The van der Waals surface area contributed by atoms with Crippen LogP contribution in [0.1, 0.15) is 0 Å². The van der Waals surface area contributed by atoms with Crippen molar-refractivity contribution in [3.63, 3.8) is 0 Å². The highest BCUT2D eigenvalue weighted by Crippen LogP contribution is 2.35. The van der Waals surface area contributed by atoms with Crippen molar-refractivity contribution in [1.82, 2.24) is 4.37 Å². The van der Waals surface area contributed by atoms with Gasteiger partial charge in [0.05, 0.1) is 10.2 Å². The van der Waals surface area contributed by atoms with Crippen molar-refractivity contribution in [1.29, 1.82) is 0 Å². The van der Waals surface area contributed by atoms with Crippen LogP contribution in [0.4, 0.5) is 0 Å². The molecule has 0 saturated carbocycles. The smallest absolute Gasteiger partial charge is 0.128 e. The van der Waals surface area contributed by atoms with E-state index in [0.29, 0.717) is 4.34 Å². The van der Waals surface area contributed by atoms with E-state index in [1.165, 1.54) is 11.5 Å². The lowest BCUT2D eigenvalue weighted by molar-refractivity contribution is 1.50. The number of hydrogen-bond donors (Lipinski definition) is 0. The predicted octanol–water partition coefficient (Wildman–Crippen LogP) is 4.23. The van der Waals surface area contributed by atoms with Gasteiger partial charge in [-0.3, -0.25) is 0 Å². The number of rotatable bonds is 1. The molecule has 1 aromatic heterocycles. The van der Waals surface area contributed by atoms with Crippen LogP contribution in [0.2, 0.25) is 4.34 Å². The van der Waals surface area contributed by atoms with E-state index in [9.17, 15) is 0 Å². The molecule has 0 bridgehead atoms. The van der Waals surface area contributed by atoms with E-state index in [2.05, 4.69) is 20.3 Å². The molecule has 0 aliphatic rings. The Labute approximate surface area is 93.7 Å². The maximum atomic E-state index is 5.89. The van der Waals surface area contributed by atoms with Gasteiger partial charge in [0.15, 0.2) is 0 Å². The van der Waals surface area contributed by atoms with Crippen molar-refractivity contribution in [3.8, 4) is 11.3 Å². The van der Waals surface area contributed by atoms with Crippen LogP contribution in [-0.4, -0.2) is 4.37 Å². The molecule has 1 aromatic carbocycles. The molecule has 1 heterocycles. The molecule has 0 aliphatic carbocycles. The second-order valence-electron chi connectivity index (χ2n) is 2.48. The number of nitrogens with zero attached hydrogens (tertiary/aromatic N) is 1. The van der Waals surface area contributed by atoms with E-state index in [1.807, 2.05) is 30.3 Å². The molecule has 0 saturated heterocycles. The summed E-state index contributed by atoms with van der Waals surface area (Å²) in [6.07, 6.45) is 0. The summed E-state index contributed by atoms with van der Waals surface area (Å²) in [5, 5.41) is 0. The van der Waals surface area contributed by atoms with Crippen LogP contribution in [0.5, 0.6) is 0 Å². The molecule has 66 valence electrons. The van der Waals surface area contributed by atoms with E-state index in [1.54, 1.807) is 0 Å². The second-order valence-corrected chi connectivity index (χ2v) is 4.65. The van der Waals surface area contributed by atoms with Gasteiger partial charge < -0.3 is 0 Å². The highest BCUT2D eigenvalue weighted by molar-refractivity contribution is 9.10. The molecule has 0 aliphatic heterocycles. The summed E-state index contributed by atoms with van der Waals surface area (Å²) in [6, 6.07) is 9.96. The lowest BCUT2D eigenvalue weighted by atomic mass is 10.2. The summed E-state index contributed by atoms with van der Waals surface area (Å²) in [7, 11) is 0. The highest BCUT2D eigenvalue weighted by atomic mass is 79.9. The van der Waals surface area contributed by atoms with Crippen LogP contribution in [0.3, 0.4) is 0 Å². The Bertz CT molecular complexity index is 413. The SMILES string of the molecule is Clc1snc(-c2ccccc2)c1Br. The Morgan fingerprint density at radius 2 is 1.92 bits per heavy atom. The maximum Gasteiger partial charge on any atom is 0.128 e. The standard InChI is InChI=1S/C9H5BrClNS/c10-7-8(12-13-9(7)11)6-4-2-1-3-5-6/h1-5H. The van der Waals surface area contributed by atoms with Crippen molar-refractivity contribution < 1.29 is 0 Å². The Balaban J connectivity index is 2.53.